The third-order valence-corrected chi connectivity index (χ3v) is 6.48. The first-order valence-corrected chi connectivity index (χ1v) is 9.30. The topological polar surface area (TPSA) is 86.0 Å². The number of carbonyl (C=O) groups excluding carboxylic acids is 1. The van der Waals surface area contributed by atoms with E-state index in [2.05, 4.69) is 16.0 Å². The summed E-state index contributed by atoms with van der Waals surface area (Å²) in [6, 6.07) is 7.38. The van der Waals surface area contributed by atoms with Crippen molar-refractivity contribution in [2.75, 3.05) is 13.1 Å². The van der Waals surface area contributed by atoms with Crippen LogP contribution in [0.1, 0.15) is 35.1 Å². The van der Waals surface area contributed by atoms with Crippen LogP contribution in [0.2, 0.25) is 5.02 Å². The van der Waals surface area contributed by atoms with Crippen LogP contribution < -0.4 is 11.2 Å². The van der Waals surface area contributed by atoms with Gasteiger partial charge in [0.1, 0.15) is 0 Å². The van der Waals surface area contributed by atoms with Gasteiger partial charge in [0.2, 0.25) is 5.91 Å². The second-order valence-corrected chi connectivity index (χ2v) is 7.95. The van der Waals surface area contributed by atoms with E-state index >= 15 is 0 Å². The maximum Gasteiger partial charge on any atom is 0.325 e. The van der Waals surface area contributed by atoms with Crippen molar-refractivity contribution in [1.82, 2.24) is 14.9 Å². The molecular formula is C19H18ClN3O3. The van der Waals surface area contributed by atoms with E-state index in [1.807, 2.05) is 17.0 Å². The third-order valence-electron chi connectivity index (χ3n) is 6.13. The molecule has 0 bridgehead atoms. The van der Waals surface area contributed by atoms with Gasteiger partial charge >= 0.3 is 5.69 Å². The van der Waals surface area contributed by atoms with Crippen molar-refractivity contribution in [3.63, 3.8) is 0 Å². The quantitative estimate of drug-likeness (QED) is 0.841. The Kier molecular flexibility index (Phi) is 3.41. The molecule has 1 amide bonds. The molecule has 2 aromatic rings. The van der Waals surface area contributed by atoms with Crippen LogP contribution in [0.15, 0.2) is 33.9 Å². The fraction of sp³-hybridized carbons (Fsp3) is 0.421. The van der Waals surface area contributed by atoms with Gasteiger partial charge in [-0.1, -0.05) is 23.7 Å². The van der Waals surface area contributed by atoms with Gasteiger partial charge in [0, 0.05) is 47.6 Å². The van der Waals surface area contributed by atoms with Gasteiger partial charge in [0.25, 0.3) is 5.56 Å². The summed E-state index contributed by atoms with van der Waals surface area (Å²) in [5, 5.41) is 0.806. The molecule has 6 nitrogen and oxygen atoms in total. The molecule has 1 aromatic carbocycles. The Morgan fingerprint density at radius 1 is 1.23 bits per heavy atom. The minimum atomic E-state index is -0.498. The molecule has 2 aliphatic carbocycles. The number of aromatic nitrogens is 2. The smallest absolute Gasteiger partial charge is 0.325 e. The first-order valence-electron chi connectivity index (χ1n) is 8.92. The molecule has 1 saturated heterocycles. The molecule has 2 heterocycles. The van der Waals surface area contributed by atoms with Gasteiger partial charge in [0.15, 0.2) is 0 Å². The monoisotopic (exact) mass is 371 g/mol. The zero-order chi connectivity index (χ0) is 18.0. The summed E-state index contributed by atoms with van der Waals surface area (Å²) in [5.41, 5.74) is 2.15. The zero-order valence-corrected chi connectivity index (χ0v) is 14.8. The molecule has 26 heavy (non-hydrogen) atoms. The summed E-state index contributed by atoms with van der Waals surface area (Å²) in [5.74, 6) is 0.929. The number of carbonyl (C=O) groups is 1. The highest BCUT2D eigenvalue weighted by molar-refractivity contribution is 6.31. The van der Waals surface area contributed by atoms with E-state index in [9.17, 15) is 14.4 Å². The number of hydrogen-bond donors (Lipinski definition) is 2. The SMILES string of the molecule is O=C(C1C2Cc3c(Cl)cccc3C21)N1CCC(c2cc(=O)[nH]c(=O)[nH]2)C1. The third kappa shape index (κ3) is 2.35. The Balaban J connectivity index is 1.31. The summed E-state index contributed by atoms with van der Waals surface area (Å²) >= 11 is 6.27. The highest BCUT2D eigenvalue weighted by Crippen LogP contribution is 2.63. The van der Waals surface area contributed by atoms with E-state index in [1.165, 1.54) is 17.2 Å². The molecule has 0 radical (unpaired) electrons. The number of benzene rings is 1. The van der Waals surface area contributed by atoms with Crippen molar-refractivity contribution in [3.8, 4) is 0 Å². The van der Waals surface area contributed by atoms with E-state index in [4.69, 9.17) is 11.6 Å². The van der Waals surface area contributed by atoms with Gasteiger partial charge < -0.3 is 9.88 Å². The molecule has 4 atom stereocenters. The Bertz CT molecular complexity index is 999. The van der Waals surface area contributed by atoms with Crippen molar-refractivity contribution < 1.29 is 4.79 Å². The number of fused-ring (bicyclic) bond motifs is 3. The van der Waals surface area contributed by atoms with Crippen molar-refractivity contribution in [2.24, 2.45) is 11.8 Å². The molecule has 2 fully saturated rings. The lowest BCUT2D eigenvalue weighted by molar-refractivity contribution is -0.132. The van der Waals surface area contributed by atoms with Gasteiger partial charge in [-0.05, 0) is 36.0 Å². The average Bonchev–Trinajstić information content (AvgIpc) is 2.95. The van der Waals surface area contributed by atoms with Crippen LogP contribution in [0.5, 0.6) is 0 Å². The molecule has 1 aromatic heterocycles. The lowest BCUT2D eigenvalue weighted by Crippen LogP contribution is -2.31. The molecule has 1 aliphatic heterocycles. The molecule has 7 heteroatoms. The zero-order valence-electron chi connectivity index (χ0n) is 14.0. The van der Waals surface area contributed by atoms with Crippen molar-refractivity contribution in [3.05, 3.63) is 66.9 Å². The molecule has 0 spiro atoms. The fourth-order valence-corrected chi connectivity index (χ4v) is 5.12. The van der Waals surface area contributed by atoms with Crippen LogP contribution in [-0.2, 0) is 11.2 Å². The Hall–Kier alpha value is -2.34. The van der Waals surface area contributed by atoms with Crippen LogP contribution in [0, 0.1) is 11.8 Å². The highest BCUT2D eigenvalue weighted by atomic mass is 35.5. The number of H-pyrrole nitrogens is 2. The summed E-state index contributed by atoms with van der Waals surface area (Å²) in [4.78, 5) is 42.7. The summed E-state index contributed by atoms with van der Waals surface area (Å²) < 4.78 is 0. The minimum Gasteiger partial charge on any atom is -0.342 e. The van der Waals surface area contributed by atoms with Crippen molar-refractivity contribution >= 4 is 17.5 Å². The van der Waals surface area contributed by atoms with Crippen molar-refractivity contribution in [1.29, 1.82) is 0 Å². The van der Waals surface area contributed by atoms with Gasteiger partial charge in [0.05, 0.1) is 0 Å². The summed E-state index contributed by atoms with van der Waals surface area (Å²) in [6.45, 7) is 1.22. The largest absolute Gasteiger partial charge is 0.342 e. The van der Waals surface area contributed by atoms with E-state index < -0.39 is 11.2 Å². The van der Waals surface area contributed by atoms with E-state index in [0.29, 0.717) is 30.6 Å². The molecule has 1 saturated carbocycles. The molecule has 5 rings (SSSR count). The average molecular weight is 372 g/mol. The lowest BCUT2D eigenvalue weighted by Gasteiger charge is -2.18. The van der Waals surface area contributed by atoms with Crippen LogP contribution in [0.4, 0.5) is 0 Å². The Labute approximate surface area is 154 Å². The highest BCUT2D eigenvalue weighted by Gasteiger charge is 2.60. The maximum absolute atomic E-state index is 13.0. The predicted molar refractivity (Wildman–Crippen MR) is 96.5 cm³/mol. The lowest BCUT2D eigenvalue weighted by atomic mass is 10.0. The van der Waals surface area contributed by atoms with E-state index in [-0.39, 0.29) is 17.7 Å². The second-order valence-electron chi connectivity index (χ2n) is 7.54. The fourth-order valence-electron chi connectivity index (χ4n) is 4.86. The molecule has 4 unspecified atom stereocenters. The number of amides is 1. The Morgan fingerprint density at radius 3 is 2.88 bits per heavy atom. The van der Waals surface area contributed by atoms with Crippen LogP contribution in [-0.4, -0.2) is 33.9 Å². The summed E-state index contributed by atoms with van der Waals surface area (Å²) in [6.07, 6.45) is 1.64. The van der Waals surface area contributed by atoms with Gasteiger partial charge in [-0.3, -0.25) is 14.6 Å². The summed E-state index contributed by atoms with van der Waals surface area (Å²) in [7, 11) is 0. The standard InChI is InChI=1S/C19H18ClN3O3/c20-13-3-1-2-10-11(13)6-12-16(10)17(12)18(25)23-5-4-9(8-23)14-7-15(24)22-19(26)21-14/h1-3,7,9,12,16-17H,4-6,8H2,(H2,21,22,24,26). The first kappa shape index (κ1) is 15.9. The minimum absolute atomic E-state index is 0.00858. The molecule has 2 N–H and O–H groups in total. The van der Waals surface area contributed by atoms with Crippen molar-refractivity contribution in [2.45, 2.75) is 24.7 Å². The predicted octanol–water partition coefficient (Wildman–Crippen LogP) is 1.62. The molecule has 134 valence electrons. The Morgan fingerprint density at radius 2 is 2.08 bits per heavy atom. The van der Waals surface area contributed by atoms with Gasteiger partial charge in [-0.25, -0.2) is 4.79 Å². The number of nitrogens with one attached hydrogen (secondary N) is 2. The number of hydrogen-bond acceptors (Lipinski definition) is 3. The van der Waals surface area contributed by atoms with Crippen LogP contribution in [0.25, 0.3) is 0 Å². The maximum atomic E-state index is 13.0. The number of nitrogens with zero attached hydrogens (tertiary/aromatic N) is 1. The molecular weight excluding hydrogens is 354 g/mol. The second kappa shape index (κ2) is 5.58. The van der Waals surface area contributed by atoms with E-state index in [0.717, 1.165) is 17.9 Å². The van der Waals surface area contributed by atoms with E-state index in [1.54, 1.807) is 0 Å². The van der Waals surface area contributed by atoms with Crippen LogP contribution >= 0.6 is 11.6 Å². The number of likely N-dealkylation sites (tertiary alicyclic amines) is 1. The number of aromatic amines is 2. The molecule has 3 aliphatic rings. The number of rotatable bonds is 2. The first-order chi connectivity index (χ1) is 12.5. The normalized spacial score (nSPS) is 28.7. The number of halogens is 1. The van der Waals surface area contributed by atoms with Gasteiger partial charge in [-0.15, -0.1) is 0 Å². The van der Waals surface area contributed by atoms with Gasteiger partial charge in [-0.2, -0.15) is 0 Å². The van der Waals surface area contributed by atoms with Crippen LogP contribution in [0.3, 0.4) is 0 Å².